The van der Waals surface area contributed by atoms with Gasteiger partial charge in [-0.2, -0.15) is 0 Å². The maximum atomic E-state index is 11.3. The SMILES string of the molecule is CCC[C@](O)(C(=O)O)c1ccc(-c2ccccc2)cc1. The van der Waals surface area contributed by atoms with Crippen LogP contribution in [-0.2, 0) is 10.4 Å². The zero-order valence-electron chi connectivity index (χ0n) is 11.4. The normalized spacial score (nSPS) is 13.7. The smallest absolute Gasteiger partial charge is 0.340 e. The fourth-order valence-electron chi connectivity index (χ4n) is 2.31. The molecule has 0 aliphatic heterocycles. The van der Waals surface area contributed by atoms with Crippen molar-refractivity contribution >= 4 is 5.97 Å². The van der Waals surface area contributed by atoms with Crippen molar-refractivity contribution < 1.29 is 15.0 Å². The van der Waals surface area contributed by atoms with Crippen LogP contribution in [0.1, 0.15) is 25.3 Å². The second kappa shape index (κ2) is 5.88. The number of rotatable bonds is 5. The number of carboxylic acids is 1. The zero-order chi connectivity index (χ0) is 14.6. The van der Waals surface area contributed by atoms with Crippen LogP contribution in [0, 0.1) is 0 Å². The van der Waals surface area contributed by atoms with Crippen LogP contribution in [0.25, 0.3) is 11.1 Å². The second-order valence-corrected chi connectivity index (χ2v) is 4.86. The number of carboxylic acid groups (broad SMARTS) is 1. The molecule has 0 spiro atoms. The van der Waals surface area contributed by atoms with Crippen LogP contribution in [0.2, 0.25) is 0 Å². The lowest BCUT2D eigenvalue weighted by Crippen LogP contribution is -2.35. The molecule has 20 heavy (non-hydrogen) atoms. The van der Waals surface area contributed by atoms with Crippen molar-refractivity contribution in [2.45, 2.75) is 25.4 Å². The van der Waals surface area contributed by atoms with Crippen LogP contribution >= 0.6 is 0 Å². The number of benzene rings is 2. The highest BCUT2D eigenvalue weighted by molar-refractivity contribution is 5.79. The van der Waals surface area contributed by atoms with Gasteiger partial charge in [0.25, 0.3) is 0 Å². The molecule has 0 saturated carbocycles. The molecular weight excluding hydrogens is 252 g/mol. The molecule has 0 amide bonds. The first-order valence-corrected chi connectivity index (χ1v) is 6.69. The predicted molar refractivity (Wildman–Crippen MR) is 78.3 cm³/mol. The highest BCUT2D eigenvalue weighted by Crippen LogP contribution is 2.29. The first kappa shape index (κ1) is 14.3. The average Bonchev–Trinajstić information content (AvgIpc) is 2.48. The summed E-state index contributed by atoms with van der Waals surface area (Å²) >= 11 is 0. The largest absolute Gasteiger partial charge is 0.479 e. The number of aliphatic carboxylic acids is 1. The predicted octanol–water partition coefficient (Wildman–Crippen LogP) is 3.43. The maximum Gasteiger partial charge on any atom is 0.340 e. The molecule has 2 N–H and O–H groups in total. The Balaban J connectivity index is 2.34. The first-order chi connectivity index (χ1) is 9.58. The van der Waals surface area contributed by atoms with E-state index in [-0.39, 0.29) is 6.42 Å². The topological polar surface area (TPSA) is 57.5 Å². The molecule has 0 aliphatic carbocycles. The summed E-state index contributed by atoms with van der Waals surface area (Å²) in [7, 11) is 0. The quantitative estimate of drug-likeness (QED) is 0.875. The zero-order valence-corrected chi connectivity index (χ0v) is 11.4. The van der Waals surface area contributed by atoms with Crippen molar-refractivity contribution in [3.8, 4) is 11.1 Å². The molecule has 0 unspecified atom stereocenters. The fraction of sp³-hybridized carbons (Fsp3) is 0.235. The molecule has 3 nitrogen and oxygen atoms in total. The van der Waals surface area contributed by atoms with Gasteiger partial charge in [0, 0.05) is 0 Å². The van der Waals surface area contributed by atoms with Gasteiger partial charge < -0.3 is 10.2 Å². The highest BCUT2D eigenvalue weighted by atomic mass is 16.4. The van der Waals surface area contributed by atoms with Gasteiger partial charge in [0.2, 0.25) is 0 Å². The van der Waals surface area contributed by atoms with Crippen molar-refractivity contribution in [3.05, 3.63) is 60.2 Å². The van der Waals surface area contributed by atoms with E-state index in [9.17, 15) is 15.0 Å². The van der Waals surface area contributed by atoms with E-state index in [0.29, 0.717) is 12.0 Å². The van der Waals surface area contributed by atoms with E-state index in [4.69, 9.17) is 0 Å². The third-order valence-electron chi connectivity index (χ3n) is 3.44. The summed E-state index contributed by atoms with van der Waals surface area (Å²) in [5, 5.41) is 19.6. The van der Waals surface area contributed by atoms with Crippen LogP contribution in [0.5, 0.6) is 0 Å². The highest BCUT2D eigenvalue weighted by Gasteiger charge is 2.36. The lowest BCUT2D eigenvalue weighted by Gasteiger charge is -2.23. The van der Waals surface area contributed by atoms with Crippen LogP contribution in [0.4, 0.5) is 0 Å². The van der Waals surface area contributed by atoms with Crippen LogP contribution in [-0.4, -0.2) is 16.2 Å². The summed E-state index contributed by atoms with van der Waals surface area (Å²) < 4.78 is 0. The number of hydrogen-bond donors (Lipinski definition) is 2. The van der Waals surface area contributed by atoms with Gasteiger partial charge in [-0.15, -0.1) is 0 Å². The maximum absolute atomic E-state index is 11.3. The van der Waals surface area contributed by atoms with E-state index in [1.165, 1.54) is 0 Å². The Kier molecular flexibility index (Phi) is 4.20. The molecule has 0 aromatic heterocycles. The lowest BCUT2D eigenvalue weighted by molar-refractivity contribution is -0.160. The van der Waals surface area contributed by atoms with Gasteiger partial charge in [-0.1, -0.05) is 67.9 Å². The molecule has 0 heterocycles. The van der Waals surface area contributed by atoms with E-state index in [1.807, 2.05) is 49.4 Å². The molecule has 0 radical (unpaired) electrons. The van der Waals surface area contributed by atoms with Crippen LogP contribution < -0.4 is 0 Å². The van der Waals surface area contributed by atoms with E-state index in [1.54, 1.807) is 12.1 Å². The summed E-state index contributed by atoms with van der Waals surface area (Å²) in [6.07, 6.45) is 0.802. The summed E-state index contributed by atoms with van der Waals surface area (Å²) in [6, 6.07) is 16.9. The van der Waals surface area contributed by atoms with Crippen molar-refractivity contribution in [2.24, 2.45) is 0 Å². The van der Waals surface area contributed by atoms with E-state index in [0.717, 1.165) is 11.1 Å². The summed E-state index contributed by atoms with van der Waals surface area (Å²) in [5.74, 6) is -1.20. The Morgan fingerprint density at radius 3 is 2.05 bits per heavy atom. The van der Waals surface area contributed by atoms with Gasteiger partial charge in [-0.05, 0) is 23.1 Å². The Morgan fingerprint density at radius 1 is 1.00 bits per heavy atom. The second-order valence-electron chi connectivity index (χ2n) is 4.86. The number of aliphatic hydroxyl groups is 1. The Bertz CT molecular complexity index is 575. The first-order valence-electron chi connectivity index (χ1n) is 6.69. The van der Waals surface area contributed by atoms with Gasteiger partial charge in [0.1, 0.15) is 0 Å². The van der Waals surface area contributed by atoms with Crippen molar-refractivity contribution in [2.75, 3.05) is 0 Å². The van der Waals surface area contributed by atoms with Gasteiger partial charge in [0.05, 0.1) is 0 Å². The van der Waals surface area contributed by atoms with Gasteiger partial charge in [-0.3, -0.25) is 0 Å². The van der Waals surface area contributed by atoms with E-state index < -0.39 is 11.6 Å². The summed E-state index contributed by atoms with van der Waals surface area (Å²) in [4.78, 5) is 11.3. The van der Waals surface area contributed by atoms with E-state index in [2.05, 4.69) is 0 Å². The van der Waals surface area contributed by atoms with Crippen LogP contribution in [0.15, 0.2) is 54.6 Å². The molecule has 3 heteroatoms. The minimum absolute atomic E-state index is 0.201. The van der Waals surface area contributed by atoms with Crippen molar-refractivity contribution in [3.63, 3.8) is 0 Å². The molecule has 0 bridgehead atoms. The van der Waals surface area contributed by atoms with E-state index >= 15 is 0 Å². The minimum atomic E-state index is -1.80. The molecule has 0 fully saturated rings. The molecule has 2 aromatic rings. The number of carbonyl (C=O) groups is 1. The van der Waals surface area contributed by atoms with Crippen LogP contribution in [0.3, 0.4) is 0 Å². The Morgan fingerprint density at radius 2 is 1.55 bits per heavy atom. The van der Waals surface area contributed by atoms with Crippen molar-refractivity contribution in [1.29, 1.82) is 0 Å². The van der Waals surface area contributed by atoms with Gasteiger partial charge >= 0.3 is 5.97 Å². The van der Waals surface area contributed by atoms with Gasteiger partial charge in [0.15, 0.2) is 5.60 Å². The van der Waals surface area contributed by atoms with Gasteiger partial charge in [-0.25, -0.2) is 4.79 Å². The minimum Gasteiger partial charge on any atom is -0.479 e. The Hall–Kier alpha value is -2.13. The fourth-order valence-corrected chi connectivity index (χ4v) is 2.31. The number of hydrogen-bond acceptors (Lipinski definition) is 2. The summed E-state index contributed by atoms with van der Waals surface area (Å²) in [5.41, 5.74) is 0.683. The standard InChI is InChI=1S/C17H18O3/c1-2-12-17(20,16(18)19)15-10-8-14(9-11-15)13-6-4-3-5-7-13/h3-11,20H,2,12H2,1H3,(H,18,19)/t17-/m1/s1. The monoisotopic (exact) mass is 270 g/mol. The molecule has 0 aliphatic rings. The molecule has 1 atom stereocenters. The lowest BCUT2D eigenvalue weighted by atomic mass is 9.88. The molecular formula is C17H18O3. The summed E-state index contributed by atoms with van der Waals surface area (Å²) in [6.45, 7) is 1.85. The Labute approximate surface area is 118 Å². The third kappa shape index (κ3) is 2.73. The molecule has 104 valence electrons. The average molecular weight is 270 g/mol. The molecule has 2 aromatic carbocycles. The molecule has 2 rings (SSSR count). The van der Waals surface area contributed by atoms with Crippen molar-refractivity contribution in [1.82, 2.24) is 0 Å². The molecule has 0 saturated heterocycles. The third-order valence-corrected chi connectivity index (χ3v) is 3.44.